The summed E-state index contributed by atoms with van der Waals surface area (Å²) < 4.78 is 5.98. The van der Waals surface area contributed by atoms with Crippen molar-refractivity contribution < 1.29 is 4.74 Å². The van der Waals surface area contributed by atoms with Crippen LogP contribution in [0.25, 0.3) is 0 Å². The molecule has 2 nitrogen and oxygen atoms in total. The molecular formula is C14H23NO. The molecule has 0 heterocycles. The van der Waals surface area contributed by atoms with Gasteiger partial charge in [0.05, 0.1) is 12.2 Å². The van der Waals surface area contributed by atoms with Crippen LogP contribution in [0.5, 0.6) is 0 Å². The highest BCUT2D eigenvalue weighted by Gasteiger charge is 2.24. The molecule has 2 heteroatoms. The molecule has 90 valence electrons. The third-order valence-corrected chi connectivity index (χ3v) is 3.33. The van der Waals surface area contributed by atoms with Crippen LogP contribution in [-0.4, -0.2) is 12.1 Å². The summed E-state index contributed by atoms with van der Waals surface area (Å²) in [7, 11) is 0. The van der Waals surface area contributed by atoms with Gasteiger partial charge in [-0.2, -0.15) is 0 Å². The van der Waals surface area contributed by atoms with E-state index in [2.05, 4.69) is 45.0 Å². The van der Waals surface area contributed by atoms with Crippen molar-refractivity contribution in [3.8, 4) is 0 Å². The lowest BCUT2D eigenvalue weighted by Gasteiger charge is -2.30. The third kappa shape index (κ3) is 3.32. The Hall–Kier alpha value is -0.860. The zero-order valence-electron chi connectivity index (χ0n) is 10.6. The average molecular weight is 221 g/mol. The second kappa shape index (κ2) is 6.02. The zero-order valence-corrected chi connectivity index (χ0v) is 10.6. The molecule has 1 aromatic rings. The van der Waals surface area contributed by atoms with E-state index in [0.717, 1.165) is 12.8 Å². The van der Waals surface area contributed by atoms with E-state index in [1.54, 1.807) is 0 Å². The monoisotopic (exact) mass is 221 g/mol. The molecule has 0 saturated heterocycles. The van der Waals surface area contributed by atoms with Gasteiger partial charge in [0.25, 0.3) is 0 Å². The molecule has 1 aromatic carbocycles. The maximum atomic E-state index is 5.98. The fraction of sp³-hybridized carbons (Fsp3) is 0.571. The number of rotatable bonds is 6. The third-order valence-electron chi connectivity index (χ3n) is 3.33. The van der Waals surface area contributed by atoms with Crippen molar-refractivity contribution in [2.24, 2.45) is 5.73 Å². The lowest BCUT2D eigenvalue weighted by Crippen LogP contribution is -2.39. The summed E-state index contributed by atoms with van der Waals surface area (Å²) in [6, 6.07) is 8.45. The fourth-order valence-electron chi connectivity index (χ4n) is 1.72. The van der Waals surface area contributed by atoms with Crippen LogP contribution in [0.3, 0.4) is 0 Å². The van der Waals surface area contributed by atoms with E-state index in [9.17, 15) is 0 Å². The van der Waals surface area contributed by atoms with E-state index in [1.165, 1.54) is 11.1 Å². The van der Waals surface area contributed by atoms with E-state index in [4.69, 9.17) is 10.5 Å². The number of ether oxygens (including phenoxy) is 1. The molecule has 0 bridgehead atoms. The van der Waals surface area contributed by atoms with E-state index in [-0.39, 0.29) is 5.60 Å². The quantitative estimate of drug-likeness (QED) is 0.801. The van der Waals surface area contributed by atoms with Crippen LogP contribution in [0.2, 0.25) is 0 Å². The number of hydrogen-bond acceptors (Lipinski definition) is 2. The van der Waals surface area contributed by atoms with Gasteiger partial charge in [-0.3, -0.25) is 0 Å². The lowest BCUT2D eigenvalue weighted by atomic mass is 9.97. The van der Waals surface area contributed by atoms with E-state index < -0.39 is 0 Å². The van der Waals surface area contributed by atoms with Gasteiger partial charge in [-0.15, -0.1) is 0 Å². The topological polar surface area (TPSA) is 35.2 Å². The van der Waals surface area contributed by atoms with Crippen molar-refractivity contribution in [3.63, 3.8) is 0 Å². The summed E-state index contributed by atoms with van der Waals surface area (Å²) in [5, 5.41) is 0. The van der Waals surface area contributed by atoms with Gasteiger partial charge in [0.2, 0.25) is 0 Å². The molecule has 0 atom stereocenters. The van der Waals surface area contributed by atoms with Crippen LogP contribution in [0, 0.1) is 6.92 Å². The van der Waals surface area contributed by atoms with Gasteiger partial charge in [-0.1, -0.05) is 43.7 Å². The Labute approximate surface area is 98.8 Å². The fourth-order valence-corrected chi connectivity index (χ4v) is 1.72. The minimum atomic E-state index is -0.148. The van der Waals surface area contributed by atoms with Crippen LogP contribution < -0.4 is 5.73 Å². The molecule has 0 unspecified atom stereocenters. The Balaban J connectivity index is 2.58. The number of aryl methyl sites for hydroxylation is 1. The van der Waals surface area contributed by atoms with Crippen molar-refractivity contribution in [1.29, 1.82) is 0 Å². The highest BCUT2D eigenvalue weighted by Crippen LogP contribution is 2.21. The molecule has 0 aliphatic heterocycles. The summed E-state index contributed by atoms with van der Waals surface area (Å²) in [5.74, 6) is 0. The van der Waals surface area contributed by atoms with Crippen molar-refractivity contribution in [2.45, 2.75) is 45.8 Å². The number of benzene rings is 1. The van der Waals surface area contributed by atoms with Crippen LogP contribution in [-0.2, 0) is 11.3 Å². The Morgan fingerprint density at radius 2 is 1.69 bits per heavy atom. The Bertz CT molecular complexity index is 293. The molecular weight excluding hydrogens is 198 g/mol. The van der Waals surface area contributed by atoms with Crippen molar-refractivity contribution in [3.05, 3.63) is 35.4 Å². The van der Waals surface area contributed by atoms with Crippen molar-refractivity contribution >= 4 is 0 Å². The Morgan fingerprint density at radius 3 is 2.12 bits per heavy atom. The molecule has 0 amide bonds. The summed E-state index contributed by atoms with van der Waals surface area (Å²) in [4.78, 5) is 0. The van der Waals surface area contributed by atoms with Crippen molar-refractivity contribution in [2.75, 3.05) is 6.54 Å². The predicted molar refractivity (Wildman–Crippen MR) is 68.3 cm³/mol. The largest absolute Gasteiger partial charge is 0.369 e. The average Bonchev–Trinajstić information content (AvgIpc) is 2.34. The van der Waals surface area contributed by atoms with Crippen LogP contribution in [0.15, 0.2) is 24.3 Å². The van der Waals surface area contributed by atoms with E-state index >= 15 is 0 Å². The summed E-state index contributed by atoms with van der Waals surface area (Å²) in [6.07, 6.45) is 1.93. The number of hydrogen-bond donors (Lipinski definition) is 1. The van der Waals surface area contributed by atoms with Crippen LogP contribution in [0.4, 0.5) is 0 Å². The molecule has 1 rings (SSSR count). The van der Waals surface area contributed by atoms with Gasteiger partial charge >= 0.3 is 0 Å². The lowest BCUT2D eigenvalue weighted by molar-refractivity contribution is -0.0553. The second-order valence-corrected chi connectivity index (χ2v) is 4.37. The molecule has 0 radical (unpaired) electrons. The van der Waals surface area contributed by atoms with Gasteiger partial charge < -0.3 is 10.5 Å². The normalized spacial score (nSPS) is 11.8. The minimum absolute atomic E-state index is 0.148. The van der Waals surface area contributed by atoms with Gasteiger partial charge in [0.1, 0.15) is 0 Å². The molecule has 16 heavy (non-hydrogen) atoms. The summed E-state index contributed by atoms with van der Waals surface area (Å²) in [6.45, 7) is 7.59. The smallest absolute Gasteiger partial charge is 0.0803 e. The van der Waals surface area contributed by atoms with Crippen LogP contribution in [0.1, 0.15) is 37.8 Å². The standard InChI is InChI=1S/C14H23NO/c1-4-14(5-2,11-15)16-10-13-8-6-12(3)7-9-13/h6-9H,4-5,10-11,15H2,1-3H3. The van der Waals surface area contributed by atoms with Gasteiger partial charge in [0.15, 0.2) is 0 Å². The molecule has 0 fully saturated rings. The maximum absolute atomic E-state index is 5.98. The van der Waals surface area contributed by atoms with E-state index in [1.807, 2.05) is 0 Å². The molecule has 0 aliphatic rings. The van der Waals surface area contributed by atoms with Gasteiger partial charge in [-0.05, 0) is 25.3 Å². The first-order chi connectivity index (χ1) is 7.65. The second-order valence-electron chi connectivity index (χ2n) is 4.37. The SMILES string of the molecule is CCC(CC)(CN)OCc1ccc(C)cc1. The maximum Gasteiger partial charge on any atom is 0.0803 e. The van der Waals surface area contributed by atoms with Crippen LogP contribution >= 0.6 is 0 Å². The minimum Gasteiger partial charge on any atom is -0.369 e. The van der Waals surface area contributed by atoms with Gasteiger partial charge in [-0.25, -0.2) is 0 Å². The summed E-state index contributed by atoms with van der Waals surface area (Å²) in [5.41, 5.74) is 8.14. The first kappa shape index (κ1) is 13.2. The highest BCUT2D eigenvalue weighted by molar-refractivity contribution is 5.20. The first-order valence-electron chi connectivity index (χ1n) is 6.05. The molecule has 0 aliphatic carbocycles. The number of nitrogens with two attached hydrogens (primary N) is 1. The molecule has 0 saturated carbocycles. The van der Waals surface area contributed by atoms with Gasteiger partial charge in [0, 0.05) is 6.54 Å². The zero-order chi connectivity index (χ0) is 12.0. The van der Waals surface area contributed by atoms with Crippen molar-refractivity contribution in [1.82, 2.24) is 0 Å². The summed E-state index contributed by atoms with van der Waals surface area (Å²) >= 11 is 0. The Kier molecular flexibility index (Phi) is 4.97. The molecule has 2 N–H and O–H groups in total. The molecule has 0 aromatic heterocycles. The predicted octanol–water partition coefficient (Wildman–Crippen LogP) is 3.03. The Morgan fingerprint density at radius 1 is 1.12 bits per heavy atom. The molecule has 0 spiro atoms. The van der Waals surface area contributed by atoms with E-state index in [0.29, 0.717) is 13.2 Å². The first-order valence-corrected chi connectivity index (χ1v) is 6.05. The highest BCUT2D eigenvalue weighted by atomic mass is 16.5.